The molecule has 2 rings (SSSR count). The van der Waals surface area contributed by atoms with Crippen LogP contribution in [0, 0.1) is 5.82 Å². The van der Waals surface area contributed by atoms with Gasteiger partial charge in [-0.25, -0.2) is 4.39 Å². The zero-order valence-electron chi connectivity index (χ0n) is 12.6. The summed E-state index contributed by atoms with van der Waals surface area (Å²) in [5.41, 5.74) is 1.96. The van der Waals surface area contributed by atoms with Crippen LogP contribution in [0.1, 0.15) is 37.4 Å². The molecule has 0 radical (unpaired) electrons. The fourth-order valence-corrected chi connectivity index (χ4v) is 2.23. The molecule has 2 aromatic carbocycles. The van der Waals surface area contributed by atoms with Gasteiger partial charge in [-0.3, -0.25) is 0 Å². The zero-order valence-corrected chi connectivity index (χ0v) is 12.6. The van der Waals surface area contributed by atoms with Crippen LogP contribution < -0.4 is 10.1 Å². The molecule has 0 heterocycles. The van der Waals surface area contributed by atoms with Crippen molar-refractivity contribution in [3.8, 4) is 5.75 Å². The van der Waals surface area contributed by atoms with E-state index in [2.05, 4.69) is 25.2 Å². The van der Waals surface area contributed by atoms with Crippen molar-refractivity contribution in [1.29, 1.82) is 0 Å². The van der Waals surface area contributed by atoms with Crippen molar-refractivity contribution in [2.75, 3.05) is 6.54 Å². The summed E-state index contributed by atoms with van der Waals surface area (Å²) in [5.74, 6) is 0.611. The third kappa shape index (κ3) is 4.57. The molecule has 21 heavy (non-hydrogen) atoms. The molecule has 0 aliphatic heterocycles. The molecule has 0 aliphatic carbocycles. The SMILES string of the molecule is CCCNC(C)c1ccccc1OCc1cccc(F)c1. The molecule has 2 nitrogen and oxygen atoms in total. The van der Waals surface area contributed by atoms with Gasteiger partial charge in [-0.05, 0) is 43.7 Å². The second-order valence-corrected chi connectivity index (χ2v) is 5.13. The van der Waals surface area contributed by atoms with Gasteiger partial charge in [0.05, 0.1) is 0 Å². The normalized spacial score (nSPS) is 12.1. The summed E-state index contributed by atoms with van der Waals surface area (Å²) in [5, 5.41) is 3.46. The van der Waals surface area contributed by atoms with Crippen molar-refractivity contribution < 1.29 is 9.13 Å². The van der Waals surface area contributed by atoms with Gasteiger partial charge in [-0.1, -0.05) is 37.3 Å². The van der Waals surface area contributed by atoms with Crippen molar-refractivity contribution >= 4 is 0 Å². The van der Waals surface area contributed by atoms with Crippen LogP contribution in [0.3, 0.4) is 0 Å². The predicted molar refractivity (Wildman–Crippen MR) is 83.9 cm³/mol. The molecule has 0 bridgehead atoms. The molecule has 0 fully saturated rings. The summed E-state index contributed by atoms with van der Waals surface area (Å²) >= 11 is 0. The van der Waals surface area contributed by atoms with E-state index in [1.165, 1.54) is 12.1 Å². The van der Waals surface area contributed by atoms with Gasteiger partial charge in [0.25, 0.3) is 0 Å². The van der Waals surface area contributed by atoms with E-state index in [1.54, 1.807) is 6.07 Å². The van der Waals surface area contributed by atoms with E-state index in [9.17, 15) is 4.39 Å². The van der Waals surface area contributed by atoms with Crippen molar-refractivity contribution in [3.63, 3.8) is 0 Å². The number of benzene rings is 2. The Hall–Kier alpha value is -1.87. The minimum atomic E-state index is -0.234. The summed E-state index contributed by atoms with van der Waals surface area (Å²) < 4.78 is 19.0. The number of halogens is 1. The zero-order chi connectivity index (χ0) is 15.1. The maximum Gasteiger partial charge on any atom is 0.124 e. The molecule has 2 aromatic rings. The van der Waals surface area contributed by atoms with E-state index in [4.69, 9.17) is 4.74 Å². The average Bonchev–Trinajstić information content (AvgIpc) is 2.51. The van der Waals surface area contributed by atoms with Crippen molar-refractivity contribution in [3.05, 3.63) is 65.5 Å². The van der Waals surface area contributed by atoms with Crippen LogP contribution in [-0.4, -0.2) is 6.54 Å². The number of hydrogen-bond donors (Lipinski definition) is 1. The lowest BCUT2D eigenvalue weighted by Crippen LogP contribution is -2.19. The Morgan fingerprint density at radius 1 is 1.14 bits per heavy atom. The van der Waals surface area contributed by atoms with Gasteiger partial charge in [-0.2, -0.15) is 0 Å². The molecule has 1 atom stereocenters. The third-order valence-corrected chi connectivity index (χ3v) is 3.37. The Kier molecular flexibility index (Phi) is 5.76. The quantitative estimate of drug-likeness (QED) is 0.811. The number of ether oxygens (including phenoxy) is 1. The van der Waals surface area contributed by atoms with Crippen molar-refractivity contribution in [1.82, 2.24) is 5.32 Å². The van der Waals surface area contributed by atoms with Crippen LogP contribution in [0.5, 0.6) is 5.75 Å². The van der Waals surface area contributed by atoms with Crippen LogP contribution in [0.4, 0.5) is 4.39 Å². The largest absolute Gasteiger partial charge is 0.489 e. The van der Waals surface area contributed by atoms with E-state index in [1.807, 2.05) is 24.3 Å². The molecule has 1 N–H and O–H groups in total. The van der Waals surface area contributed by atoms with Crippen LogP contribution in [0.2, 0.25) is 0 Å². The fraction of sp³-hybridized carbons (Fsp3) is 0.333. The Labute approximate surface area is 126 Å². The first-order chi connectivity index (χ1) is 10.2. The van der Waals surface area contributed by atoms with Crippen LogP contribution in [-0.2, 0) is 6.61 Å². The molecule has 1 unspecified atom stereocenters. The maximum atomic E-state index is 13.2. The van der Waals surface area contributed by atoms with E-state index < -0.39 is 0 Å². The molecule has 0 saturated carbocycles. The second-order valence-electron chi connectivity index (χ2n) is 5.13. The van der Waals surface area contributed by atoms with E-state index >= 15 is 0 Å². The summed E-state index contributed by atoms with van der Waals surface area (Å²) in [7, 11) is 0. The van der Waals surface area contributed by atoms with Gasteiger partial charge in [0, 0.05) is 11.6 Å². The van der Waals surface area contributed by atoms with Gasteiger partial charge in [0.2, 0.25) is 0 Å². The summed E-state index contributed by atoms with van der Waals surface area (Å²) in [4.78, 5) is 0. The summed E-state index contributed by atoms with van der Waals surface area (Å²) in [6, 6.07) is 14.7. The minimum absolute atomic E-state index is 0.230. The number of hydrogen-bond acceptors (Lipinski definition) is 2. The number of para-hydroxylation sites is 1. The van der Waals surface area contributed by atoms with Gasteiger partial charge < -0.3 is 10.1 Å². The minimum Gasteiger partial charge on any atom is -0.489 e. The Morgan fingerprint density at radius 2 is 1.95 bits per heavy atom. The van der Waals surface area contributed by atoms with Crippen molar-refractivity contribution in [2.24, 2.45) is 0 Å². The van der Waals surface area contributed by atoms with E-state index in [0.29, 0.717) is 6.61 Å². The molecule has 112 valence electrons. The predicted octanol–water partition coefficient (Wildman–Crippen LogP) is 4.47. The molecule has 0 saturated heterocycles. The average molecular weight is 287 g/mol. The van der Waals surface area contributed by atoms with Crippen LogP contribution >= 0.6 is 0 Å². The van der Waals surface area contributed by atoms with Gasteiger partial charge in [0.1, 0.15) is 18.2 Å². The lowest BCUT2D eigenvalue weighted by molar-refractivity contribution is 0.299. The maximum absolute atomic E-state index is 13.2. The summed E-state index contributed by atoms with van der Waals surface area (Å²) in [6.45, 7) is 5.61. The number of rotatable bonds is 7. The first kappa shape index (κ1) is 15.5. The molecule has 0 amide bonds. The molecule has 0 aromatic heterocycles. The van der Waals surface area contributed by atoms with Gasteiger partial charge in [0.15, 0.2) is 0 Å². The highest BCUT2D eigenvalue weighted by Gasteiger charge is 2.10. The second kappa shape index (κ2) is 7.79. The van der Waals surface area contributed by atoms with Crippen LogP contribution in [0.25, 0.3) is 0 Å². The Morgan fingerprint density at radius 3 is 2.71 bits per heavy atom. The van der Waals surface area contributed by atoms with E-state index in [0.717, 1.165) is 29.8 Å². The fourth-order valence-electron chi connectivity index (χ4n) is 2.23. The lowest BCUT2D eigenvalue weighted by atomic mass is 10.1. The smallest absolute Gasteiger partial charge is 0.124 e. The third-order valence-electron chi connectivity index (χ3n) is 3.37. The molecular weight excluding hydrogens is 265 g/mol. The monoisotopic (exact) mass is 287 g/mol. The molecule has 0 aliphatic rings. The molecular formula is C18H22FNO. The van der Waals surface area contributed by atoms with Gasteiger partial charge in [-0.15, -0.1) is 0 Å². The number of nitrogens with one attached hydrogen (secondary N) is 1. The summed E-state index contributed by atoms with van der Waals surface area (Å²) in [6.07, 6.45) is 1.09. The Balaban J connectivity index is 2.06. The van der Waals surface area contributed by atoms with Gasteiger partial charge >= 0.3 is 0 Å². The topological polar surface area (TPSA) is 21.3 Å². The van der Waals surface area contributed by atoms with Crippen LogP contribution in [0.15, 0.2) is 48.5 Å². The van der Waals surface area contributed by atoms with E-state index in [-0.39, 0.29) is 11.9 Å². The highest BCUT2D eigenvalue weighted by atomic mass is 19.1. The lowest BCUT2D eigenvalue weighted by Gasteiger charge is -2.18. The highest BCUT2D eigenvalue weighted by molar-refractivity contribution is 5.36. The first-order valence-corrected chi connectivity index (χ1v) is 7.40. The Bertz CT molecular complexity index is 571. The first-order valence-electron chi connectivity index (χ1n) is 7.40. The highest BCUT2D eigenvalue weighted by Crippen LogP contribution is 2.25. The molecule has 3 heteroatoms. The standard InChI is InChI=1S/C18H22FNO/c1-3-11-20-14(2)17-9-4-5-10-18(17)21-13-15-7-6-8-16(19)12-15/h4-10,12,14,20H,3,11,13H2,1-2H3. The van der Waals surface area contributed by atoms with Crippen molar-refractivity contribution in [2.45, 2.75) is 32.9 Å². The molecule has 0 spiro atoms.